The quantitative estimate of drug-likeness (QED) is 0.596. The molecule has 0 aliphatic heterocycles. The molecule has 0 unspecified atom stereocenters. The molecule has 0 saturated heterocycles. The average Bonchev–Trinajstić information content (AvgIpc) is 2.54. The molecule has 0 atom stereocenters. The van der Waals surface area contributed by atoms with Crippen molar-refractivity contribution in [1.29, 1.82) is 0 Å². The Balaban J connectivity index is 1.90. The third-order valence-corrected chi connectivity index (χ3v) is 4.12. The van der Waals surface area contributed by atoms with E-state index in [1.165, 1.54) is 10.9 Å². The van der Waals surface area contributed by atoms with E-state index in [2.05, 4.69) is 24.3 Å². The molecule has 22 heavy (non-hydrogen) atoms. The van der Waals surface area contributed by atoms with Crippen LogP contribution in [0.15, 0.2) is 72.8 Å². The topological polar surface area (TPSA) is 17.1 Å². The summed E-state index contributed by atoms with van der Waals surface area (Å²) in [5, 5.41) is 2.28. The monoisotopic (exact) mass is 288 g/mol. The van der Waals surface area contributed by atoms with E-state index in [1.807, 2.05) is 62.4 Å². The Morgan fingerprint density at radius 3 is 2.18 bits per heavy atom. The molecule has 1 heteroatoms. The van der Waals surface area contributed by atoms with Crippen molar-refractivity contribution in [3.8, 4) is 0 Å². The van der Waals surface area contributed by atoms with E-state index in [9.17, 15) is 4.79 Å². The summed E-state index contributed by atoms with van der Waals surface area (Å²) in [6, 6.07) is 24.3. The summed E-state index contributed by atoms with van der Waals surface area (Å²) >= 11 is 0. The zero-order chi connectivity index (χ0) is 15.6. The molecule has 0 spiro atoms. The molecule has 110 valence electrons. The molecule has 3 rings (SSSR count). The van der Waals surface area contributed by atoms with Gasteiger partial charge in [-0.05, 0) is 28.8 Å². The Bertz CT molecular complexity index is 800. The number of ketones is 1. The molecule has 0 heterocycles. The lowest BCUT2D eigenvalue weighted by atomic mass is 9.79. The van der Waals surface area contributed by atoms with Gasteiger partial charge in [-0.3, -0.25) is 4.79 Å². The number of benzene rings is 3. The second-order valence-electron chi connectivity index (χ2n) is 6.44. The van der Waals surface area contributed by atoms with Crippen LogP contribution in [0, 0.1) is 5.41 Å². The second-order valence-corrected chi connectivity index (χ2v) is 6.44. The standard InChI is InChI=1S/C21H20O/c1-21(2,15-16-8-4-3-5-9-16)20(22)19-13-12-17-10-6-7-11-18(17)14-19/h3-14H,15H2,1-2H3. The van der Waals surface area contributed by atoms with E-state index < -0.39 is 5.41 Å². The maximum absolute atomic E-state index is 12.9. The minimum absolute atomic E-state index is 0.196. The van der Waals surface area contributed by atoms with Crippen molar-refractivity contribution in [2.75, 3.05) is 0 Å². The number of Topliss-reactive ketones (excluding diaryl/α,β-unsaturated/α-hetero) is 1. The lowest BCUT2D eigenvalue weighted by molar-refractivity contribution is 0.0838. The van der Waals surface area contributed by atoms with Crippen molar-refractivity contribution in [2.24, 2.45) is 5.41 Å². The first-order valence-electron chi connectivity index (χ1n) is 7.64. The van der Waals surface area contributed by atoms with Gasteiger partial charge < -0.3 is 0 Å². The molecule has 0 fully saturated rings. The minimum Gasteiger partial charge on any atom is -0.294 e. The highest BCUT2D eigenvalue weighted by molar-refractivity contribution is 6.03. The molecule has 0 amide bonds. The Morgan fingerprint density at radius 2 is 1.45 bits per heavy atom. The number of hydrogen-bond donors (Lipinski definition) is 0. The Hall–Kier alpha value is -2.41. The highest BCUT2D eigenvalue weighted by Gasteiger charge is 2.28. The van der Waals surface area contributed by atoms with Crippen LogP contribution in [-0.4, -0.2) is 5.78 Å². The zero-order valence-electron chi connectivity index (χ0n) is 13.0. The van der Waals surface area contributed by atoms with Gasteiger partial charge in [0.2, 0.25) is 0 Å². The van der Waals surface area contributed by atoms with Gasteiger partial charge in [0.05, 0.1) is 0 Å². The molecule has 0 aromatic heterocycles. The molecule has 0 bridgehead atoms. The number of fused-ring (bicyclic) bond motifs is 1. The summed E-state index contributed by atoms with van der Waals surface area (Å²) in [6.45, 7) is 4.05. The van der Waals surface area contributed by atoms with E-state index in [0.29, 0.717) is 0 Å². The fourth-order valence-corrected chi connectivity index (χ4v) is 2.91. The number of rotatable bonds is 4. The fourth-order valence-electron chi connectivity index (χ4n) is 2.91. The van der Waals surface area contributed by atoms with Gasteiger partial charge in [0.15, 0.2) is 5.78 Å². The highest BCUT2D eigenvalue weighted by atomic mass is 16.1. The van der Waals surface area contributed by atoms with Crippen LogP contribution in [0.25, 0.3) is 10.8 Å². The third-order valence-electron chi connectivity index (χ3n) is 4.12. The third kappa shape index (κ3) is 2.94. The van der Waals surface area contributed by atoms with Gasteiger partial charge in [0, 0.05) is 11.0 Å². The highest BCUT2D eigenvalue weighted by Crippen LogP contribution is 2.28. The van der Waals surface area contributed by atoms with Crippen molar-refractivity contribution >= 4 is 16.6 Å². The molecule has 3 aromatic rings. The van der Waals surface area contributed by atoms with Crippen molar-refractivity contribution in [3.63, 3.8) is 0 Å². The summed E-state index contributed by atoms with van der Waals surface area (Å²) in [6.07, 6.45) is 0.750. The largest absolute Gasteiger partial charge is 0.294 e. The number of carbonyl (C=O) groups is 1. The predicted octanol–water partition coefficient (Wildman–Crippen LogP) is 5.29. The van der Waals surface area contributed by atoms with Gasteiger partial charge in [-0.1, -0.05) is 80.6 Å². The summed E-state index contributed by atoms with van der Waals surface area (Å²) in [5.74, 6) is 0.196. The van der Waals surface area contributed by atoms with Crippen molar-refractivity contribution in [3.05, 3.63) is 83.9 Å². The molecule has 1 nitrogen and oxygen atoms in total. The van der Waals surface area contributed by atoms with Crippen LogP contribution in [0.1, 0.15) is 29.8 Å². The van der Waals surface area contributed by atoms with E-state index in [4.69, 9.17) is 0 Å². The summed E-state index contributed by atoms with van der Waals surface area (Å²) < 4.78 is 0. The lowest BCUT2D eigenvalue weighted by Crippen LogP contribution is -2.26. The van der Waals surface area contributed by atoms with E-state index >= 15 is 0 Å². The van der Waals surface area contributed by atoms with Crippen LogP contribution in [0.3, 0.4) is 0 Å². The first-order valence-corrected chi connectivity index (χ1v) is 7.64. The molecule has 0 aliphatic rings. The van der Waals surface area contributed by atoms with Gasteiger partial charge in [0.25, 0.3) is 0 Å². The summed E-state index contributed by atoms with van der Waals surface area (Å²) in [7, 11) is 0. The van der Waals surface area contributed by atoms with E-state index in [1.54, 1.807) is 0 Å². The molecular formula is C21H20O. The van der Waals surface area contributed by atoms with Gasteiger partial charge in [-0.25, -0.2) is 0 Å². The molecule has 0 radical (unpaired) electrons. The van der Waals surface area contributed by atoms with E-state index in [0.717, 1.165) is 17.4 Å². The first kappa shape index (κ1) is 14.5. The maximum atomic E-state index is 12.9. The van der Waals surface area contributed by atoms with Gasteiger partial charge in [0.1, 0.15) is 0 Å². The average molecular weight is 288 g/mol. The van der Waals surface area contributed by atoms with Crippen LogP contribution in [0.5, 0.6) is 0 Å². The van der Waals surface area contributed by atoms with Crippen molar-refractivity contribution < 1.29 is 4.79 Å². The van der Waals surface area contributed by atoms with Crippen LogP contribution in [0.2, 0.25) is 0 Å². The van der Waals surface area contributed by atoms with Crippen LogP contribution < -0.4 is 0 Å². The Kier molecular flexibility index (Phi) is 3.81. The SMILES string of the molecule is CC(C)(Cc1ccccc1)C(=O)c1ccc2ccccc2c1. The van der Waals surface area contributed by atoms with Crippen LogP contribution >= 0.6 is 0 Å². The van der Waals surface area contributed by atoms with Gasteiger partial charge in [-0.15, -0.1) is 0 Å². The molecule has 0 saturated carbocycles. The van der Waals surface area contributed by atoms with Gasteiger partial charge >= 0.3 is 0 Å². The number of carbonyl (C=O) groups excluding carboxylic acids is 1. The van der Waals surface area contributed by atoms with Crippen molar-refractivity contribution in [1.82, 2.24) is 0 Å². The van der Waals surface area contributed by atoms with Crippen molar-refractivity contribution in [2.45, 2.75) is 20.3 Å². The fraction of sp³-hybridized carbons (Fsp3) is 0.190. The minimum atomic E-state index is -0.413. The lowest BCUT2D eigenvalue weighted by Gasteiger charge is -2.23. The Labute approximate surface area is 131 Å². The van der Waals surface area contributed by atoms with E-state index in [-0.39, 0.29) is 5.78 Å². The second kappa shape index (κ2) is 5.76. The van der Waals surface area contributed by atoms with Gasteiger partial charge in [-0.2, -0.15) is 0 Å². The molecule has 0 aliphatic carbocycles. The first-order chi connectivity index (χ1) is 10.6. The summed E-state index contributed by atoms with van der Waals surface area (Å²) in [4.78, 5) is 12.9. The van der Waals surface area contributed by atoms with Crippen LogP contribution in [0.4, 0.5) is 0 Å². The smallest absolute Gasteiger partial charge is 0.168 e. The maximum Gasteiger partial charge on any atom is 0.168 e. The van der Waals surface area contributed by atoms with Crippen LogP contribution in [-0.2, 0) is 6.42 Å². The number of hydrogen-bond acceptors (Lipinski definition) is 1. The molecule has 3 aromatic carbocycles. The summed E-state index contributed by atoms with van der Waals surface area (Å²) in [5.41, 5.74) is 1.57. The normalized spacial score (nSPS) is 11.5. The Morgan fingerprint density at radius 1 is 0.818 bits per heavy atom. The molecular weight excluding hydrogens is 268 g/mol. The zero-order valence-corrected chi connectivity index (χ0v) is 13.0. The predicted molar refractivity (Wildman–Crippen MR) is 92.2 cm³/mol. The molecule has 0 N–H and O–H groups in total.